The molecule has 0 fully saturated rings. The predicted molar refractivity (Wildman–Crippen MR) is 72.8 cm³/mol. The summed E-state index contributed by atoms with van der Waals surface area (Å²) >= 11 is 0. The van der Waals surface area contributed by atoms with Gasteiger partial charge in [0.05, 0.1) is 18.8 Å². The van der Waals surface area contributed by atoms with E-state index in [1.807, 2.05) is 13.0 Å². The maximum absolute atomic E-state index is 12.5. The highest BCUT2D eigenvalue weighted by Gasteiger charge is 2.32. The third kappa shape index (κ3) is 2.16. The lowest BCUT2D eigenvalue weighted by atomic mass is 10.4. The van der Waals surface area contributed by atoms with Crippen molar-refractivity contribution >= 4 is 17.8 Å². The minimum Gasteiger partial charge on any atom is -0.281 e. The highest BCUT2D eigenvalue weighted by molar-refractivity contribution is 6.07. The van der Waals surface area contributed by atoms with Gasteiger partial charge in [0.25, 0.3) is 0 Å². The molecule has 0 atom stereocenters. The number of anilines is 1. The monoisotopic (exact) mass is 289 g/mol. The Kier molecular flexibility index (Phi) is 2.96. The van der Waals surface area contributed by atoms with Gasteiger partial charge in [0.15, 0.2) is 0 Å². The summed E-state index contributed by atoms with van der Waals surface area (Å²) in [7, 11) is 3.28. The second kappa shape index (κ2) is 4.69. The van der Waals surface area contributed by atoms with E-state index in [9.17, 15) is 9.59 Å². The van der Waals surface area contributed by atoms with E-state index in [0.29, 0.717) is 12.4 Å². The van der Waals surface area contributed by atoms with E-state index in [1.165, 1.54) is 15.9 Å². The Labute approximate surface area is 120 Å². The molecule has 3 rings (SSSR count). The van der Waals surface area contributed by atoms with Crippen LogP contribution in [-0.4, -0.2) is 55.0 Å². The van der Waals surface area contributed by atoms with E-state index in [-0.39, 0.29) is 12.4 Å². The quantitative estimate of drug-likeness (QED) is 0.739. The Morgan fingerprint density at radius 2 is 2.00 bits per heavy atom. The summed E-state index contributed by atoms with van der Waals surface area (Å²) in [6, 6.07) is 1.40. The normalized spacial score (nSPS) is 15.1. The number of imide groups is 1. The third-order valence-corrected chi connectivity index (χ3v) is 3.31. The number of aromatic nitrogens is 5. The Morgan fingerprint density at radius 1 is 1.24 bits per heavy atom. The van der Waals surface area contributed by atoms with Crippen molar-refractivity contribution < 1.29 is 9.59 Å². The Balaban J connectivity index is 1.91. The molecule has 110 valence electrons. The molecule has 0 aliphatic carbocycles. The minimum atomic E-state index is -0.505. The molecule has 2 aromatic rings. The summed E-state index contributed by atoms with van der Waals surface area (Å²) < 4.78 is 3.14. The van der Waals surface area contributed by atoms with Crippen molar-refractivity contribution in [3.8, 4) is 0 Å². The van der Waals surface area contributed by atoms with Crippen molar-refractivity contribution in [1.82, 2.24) is 29.4 Å². The number of hydrogen-bond donors (Lipinski definition) is 0. The maximum Gasteiger partial charge on any atom is 0.332 e. The molecule has 3 heterocycles. The Morgan fingerprint density at radius 3 is 2.67 bits per heavy atom. The molecule has 9 heteroatoms. The maximum atomic E-state index is 12.5. The Hall–Kier alpha value is -2.71. The van der Waals surface area contributed by atoms with Crippen LogP contribution in [0.2, 0.25) is 0 Å². The zero-order valence-corrected chi connectivity index (χ0v) is 12.0. The van der Waals surface area contributed by atoms with Gasteiger partial charge in [0.2, 0.25) is 5.82 Å². The molecule has 0 unspecified atom stereocenters. The first-order chi connectivity index (χ1) is 9.97. The zero-order chi connectivity index (χ0) is 15.1. The van der Waals surface area contributed by atoms with Gasteiger partial charge in [-0.3, -0.25) is 19.3 Å². The van der Waals surface area contributed by atoms with Crippen LogP contribution in [0.15, 0.2) is 12.4 Å². The number of carbonyl (C=O) groups excluding carboxylic acids is 2. The Bertz CT molecular complexity index is 717. The number of nitrogens with zero attached hydrogens (tertiary/aromatic N) is 7. The highest BCUT2D eigenvalue weighted by atomic mass is 16.2. The average Bonchev–Trinajstić information content (AvgIpc) is 3.01. The number of carbonyl (C=O) groups is 2. The van der Waals surface area contributed by atoms with Gasteiger partial charge in [-0.15, -0.1) is 5.10 Å². The molecule has 0 aromatic carbocycles. The van der Waals surface area contributed by atoms with Gasteiger partial charge in [-0.25, -0.2) is 14.5 Å². The molecular weight excluding hydrogens is 274 g/mol. The lowest BCUT2D eigenvalue weighted by Gasteiger charge is -2.21. The summed E-state index contributed by atoms with van der Waals surface area (Å²) in [4.78, 5) is 31.3. The van der Waals surface area contributed by atoms with E-state index < -0.39 is 11.9 Å². The van der Waals surface area contributed by atoms with Gasteiger partial charge in [0, 0.05) is 20.2 Å². The molecule has 0 saturated heterocycles. The van der Waals surface area contributed by atoms with Crippen molar-refractivity contribution in [2.45, 2.75) is 13.5 Å². The first kappa shape index (κ1) is 13.3. The third-order valence-electron chi connectivity index (χ3n) is 3.31. The minimum absolute atomic E-state index is 0.00923. The zero-order valence-electron chi connectivity index (χ0n) is 12.0. The molecule has 0 saturated carbocycles. The first-order valence-electron chi connectivity index (χ1n) is 6.47. The van der Waals surface area contributed by atoms with Crippen LogP contribution in [0, 0.1) is 6.92 Å². The summed E-state index contributed by atoms with van der Waals surface area (Å²) in [5.74, 6) is 0.173. The fraction of sp³-hybridized carbons (Fsp3) is 0.417. The molecule has 0 N–H and O–H groups in total. The molecule has 9 nitrogen and oxygen atoms in total. The van der Waals surface area contributed by atoms with Crippen LogP contribution in [-0.2, 0) is 13.6 Å². The summed E-state index contributed by atoms with van der Waals surface area (Å²) in [6.07, 6.45) is 1.42. The molecule has 1 aliphatic rings. The van der Waals surface area contributed by atoms with Gasteiger partial charge in [0.1, 0.15) is 12.1 Å². The largest absolute Gasteiger partial charge is 0.332 e. The summed E-state index contributed by atoms with van der Waals surface area (Å²) in [5, 5.41) is 8.26. The lowest BCUT2D eigenvalue weighted by Crippen LogP contribution is -2.44. The average molecular weight is 289 g/mol. The van der Waals surface area contributed by atoms with Crippen LogP contribution >= 0.6 is 0 Å². The van der Waals surface area contributed by atoms with Gasteiger partial charge < -0.3 is 0 Å². The fourth-order valence-electron chi connectivity index (χ4n) is 2.28. The fourth-order valence-corrected chi connectivity index (χ4v) is 2.28. The number of aryl methyl sites for hydroxylation is 2. The number of hydrogen-bond acceptors (Lipinski definition) is 5. The standard InChI is InChI=1S/C12H15N7O2/c1-8-6-9-17(3)12(21)18(4-5-19(9)14-8)11(20)10-13-7-16(2)15-10/h6-7H,4-5H2,1-3H3. The molecule has 3 amide bonds. The van der Waals surface area contributed by atoms with Crippen molar-refractivity contribution in [2.75, 3.05) is 18.5 Å². The van der Waals surface area contributed by atoms with Gasteiger partial charge in [-0.05, 0) is 6.92 Å². The van der Waals surface area contributed by atoms with E-state index in [1.54, 1.807) is 18.8 Å². The van der Waals surface area contributed by atoms with Crippen LogP contribution in [0.1, 0.15) is 16.3 Å². The number of fused-ring (bicyclic) bond motifs is 1. The summed E-state index contributed by atoms with van der Waals surface area (Å²) in [6.45, 7) is 2.53. The molecule has 0 radical (unpaired) electrons. The molecule has 0 spiro atoms. The molecule has 1 aliphatic heterocycles. The van der Waals surface area contributed by atoms with Crippen molar-refractivity contribution in [3.05, 3.63) is 23.9 Å². The highest BCUT2D eigenvalue weighted by Crippen LogP contribution is 2.20. The number of amides is 3. The van der Waals surface area contributed by atoms with Crippen LogP contribution in [0.25, 0.3) is 0 Å². The smallest absolute Gasteiger partial charge is 0.281 e. The van der Waals surface area contributed by atoms with E-state index >= 15 is 0 Å². The molecule has 2 aromatic heterocycles. The van der Waals surface area contributed by atoms with Crippen LogP contribution < -0.4 is 4.90 Å². The van der Waals surface area contributed by atoms with Gasteiger partial charge in [-0.2, -0.15) is 5.10 Å². The number of rotatable bonds is 1. The molecular formula is C12H15N7O2. The van der Waals surface area contributed by atoms with Gasteiger partial charge in [-0.1, -0.05) is 0 Å². The second-order valence-corrected chi connectivity index (χ2v) is 4.91. The number of urea groups is 1. The van der Waals surface area contributed by atoms with Crippen LogP contribution in [0.4, 0.5) is 10.6 Å². The van der Waals surface area contributed by atoms with Crippen molar-refractivity contribution in [3.63, 3.8) is 0 Å². The van der Waals surface area contributed by atoms with Gasteiger partial charge >= 0.3 is 11.9 Å². The van der Waals surface area contributed by atoms with E-state index in [4.69, 9.17) is 0 Å². The molecule has 21 heavy (non-hydrogen) atoms. The lowest BCUT2D eigenvalue weighted by molar-refractivity contribution is 0.0794. The summed E-state index contributed by atoms with van der Waals surface area (Å²) in [5.41, 5.74) is 0.829. The predicted octanol–water partition coefficient (Wildman–Crippen LogP) is 0.0322. The van der Waals surface area contributed by atoms with E-state index in [2.05, 4.69) is 15.2 Å². The van der Waals surface area contributed by atoms with Crippen molar-refractivity contribution in [2.24, 2.45) is 7.05 Å². The van der Waals surface area contributed by atoms with Crippen LogP contribution in [0.3, 0.4) is 0 Å². The molecule has 0 bridgehead atoms. The first-order valence-corrected chi connectivity index (χ1v) is 6.47. The SMILES string of the molecule is Cc1cc2n(n1)CCN(C(=O)c1ncn(C)n1)C(=O)N2C. The van der Waals surface area contributed by atoms with Crippen LogP contribution in [0.5, 0.6) is 0 Å². The van der Waals surface area contributed by atoms with Crippen molar-refractivity contribution in [1.29, 1.82) is 0 Å². The second-order valence-electron chi connectivity index (χ2n) is 4.91. The topological polar surface area (TPSA) is 89.1 Å². The van der Waals surface area contributed by atoms with E-state index in [0.717, 1.165) is 10.6 Å².